The van der Waals surface area contributed by atoms with E-state index in [4.69, 9.17) is 5.73 Å². The van der Waals surface area contributed by atoms with E-state index in [-0.39, 0.29) is 0 Å². The highest BCUT2D eigenvalue weighted by Gasteiger charge is 2.21. The average molecular weight is 246 g/mol. The van der Waals surface area contributed by atoms with E-state index in [2.05, 4.69) is 43.0 Å². The normalized spacial score (nSPS) is 22.9. The van der Waals surface area contributed by atoms with Crippen molar-refractivity contribution in [2.75, 3.05) is 13.1 Å². The molecule has 18 heavy (non-hydrogen) atoms. The molecule has 0 aliphatic carbocycles. The maximum atomic E-state index is 6.06. The number of aryl methyl sites for hydroxylation is 1. The molecule has 1 heterocycles. The van der Waals surface area contributed by atoms with E-state index in [1.54, 1.807) is 0 Å². The Kier molecular flexibility index (Phi) is 4.79. The van der Waals surface area contributed by atoms with Gasteiger partial charge in [0.15, 0.2) is 0 Å². The quantitative estimate of drug-likeness (QED) is 0.884. The van der Waals surface area contributed by atoms with Gasteiger partial charge < -0.3 is 5.73 Å². The molecule has 0 radical (unpaired) electrons. The number of piperidine rings is 1. The molecule has 0 bridgehead atoms. The number of nitrogens with zero attached hydrogens (tertiary/aromatic N) is 1. The second-order valence-electron chi connectivity index (χ2n) is 5.56. The van der Waals surface area contributed by atoms with Crippen molar-refractivity contribution in [3.05, 3.63) is 35.4 Å². The minimum atomic E-state index is 0.362. The lowest BCUT2D eigenvalue weighted by molar-refractivity contribution is 0.159. The number of rotatable bonds is 4. The Hall–Kier alpha value is -0.860. The molecule has 2 N–H and O–H groups in total. The molecule has 1 fully saturated rings. The van der Waals surface area contributed by atoms with Crippen molar-refractivity contribution in [3.63, 3.8) is 0 Å². The third kappa shape index (κ3) is 3.33. The van der Waals surface area contributed by atoms with Crippen molar-refractivity contribution in [1.29, 1.82) is 0 Å². The lowest BCUT2D eigenvalue weighted by Gasteiger charge is -2.35. The molecule has 1 aliphatic heterocycles. The second kappa shape index (κ2) is 6.35. The van der Waals surface area contributed by atoms with Gasteiger partial charge in [0, 0.05) is 18.6 Å². The fourth-order valence-corrected chi connectivity index (χ4v) is 2.85. The van der Waals surface area contributed by atoms with Crippen LogP contribution < -0.4 is 5.73 Å². The first-order chi connectivity index (χ1) is 8.70. The molecule has 2 nitrogen and oxygen atoms in total. The third-order valence-corrected chi connectivity index (χ3v) is 4.04. The SMILES string of the molecule is CCCc1ccc(C(C)N2CCCC(N)C2)cc1. The summed E-state index contributed by atoms with van der Waals surface area (Å²) in [6, 6.07) is 9.98. The van der Waals surface area contributed by atoms with Crippen LogP contribution in [0.3, 0.4) is 0 Å². The molecule has 2 unspecified atom stereocenters. The van der Waals surface area contributed by atoms with Crippen LogP contribution in [-0.4, -0.2) is 24.0 Å². The van der Waals surface area contributed by atoms with Crippen LogP contribution in [0.25, 0.3) is 0 Å². The van der Waals surface area contributed by atoms with Gasteiger partial charge in [-0.2, -0.15) is 0 Å². The summed E-state index contributed by atoms with van der Waals surface area (Å²) in [5.74, 6) is 0. The van der Waals surface area contributed by atoms with Crippen molar-refractivity contribution >= 4 is 0 Å². The first-order valence-corrected chi connectivity index (χ1v) is 7.29. The summed E-state index contributed by atoms with van der Waals surface area (Å²) in [5, 5.41) is 0. The lowest BCUT2D eigenvalue weighted by Crippen LogP contribution is -2.43. The zero-order chi connectivity index (χ0) is 13.0. The van der Waals surface area contributed by atoms with Gasteiger partial charge in [0.2, 0.25) is 0 Å². The van der Waals surface area contributed by atoms with Gasteiger partial charge in [-0.05, 0) is 43.9 Å². The maximum Gasteiger partial charge on any atom is 0.0320 e. The van der Waals surface area contributed by atoms with Crippen molar-refractivity contribution in [1.82, 2.24) is 4.90 Å². The first kappa shape index (κ1) is 13.6. The number of benzene rings is 1. The van der Waals surface area contributed by atoms with Gasteiger partial charge >= 0.3 is 0 Å². The van der Waals surface area contributed by atoms with Gasteiger partial charge in [-0.3, -0.25) is 4.90 Å². The monoisotopic (exact) mass is 246 g/mol. The minimum Gasteiger partial charge on any atom is -0.327 e. The smallest absolute Gasteiger partial charge is 0.0320 e. The molecule has 0 saturated carbocycles. The summed E-state index contributed by atoms with van der Waals surface area (Å²) < 4.78 is 0. The summed E-state index contributed by atoms with van der Waals surface area (Å²) in [6.07, 6.45) is 4.82. The number of hydrogen-bond acceptors (Lipinski definition) is 2. The van der Waals surface area contributed by atoms with Gasteiger partial charge in [0.05, 0.1) is 0 Å². The predicted octanol–water partition coefficient (Wildman–Crippen LogP) is 3.12. The molecule has 2 atom stereocenters. The summed E-state index contributed by atoms with van der Waals surface area (Å²) in [5.41, 5.74) is 8.93. The van der Waals surface area contributed by atoms with Crippen molar-refractivity contribution in [2.45, 2.75) is 51.6 Å². The van der Waals surface area contributed by atoms with Crippen LogP contribution in [0.2, 0.25) is 0 Å². The predicted molar refractivity (Wildman–Crippen MR) is 77.6 cm³/mol. The van der Waals surface area contributed by atoms with Gasteiger partial charge in [-0.25, -0.2) is 0 Å². The Labute approximate surface area is 111 Å². The Morgan fingerprint density at radius 1 is 1.33 bits per heavy atom. The fraction of sp³-hybridized carbons (Fsp3) is 0.625. The van der Waals surface area contributed by atoms with Gasteiger partial charge in [0.25, 0.3) is 0 Å². The maximum absolute atomic E-state index is 6.06. The molecule has 0 spiro atoms. The van der Waals surface area contributed by atoms with Crippen molar-refractivity contribution in [2.24, 2.45) is 5.73 Å². The van der Waals surface area contributed by atoms with Crippen LogP contribution in [0.1, 0.15) is 50.3 Å². The van der Waals surface area contributed by atoms with Crippen LogP contribution in [0.5, 0.6) is 0 Å². The van der Waals surface area contributed by atoms with Gasteiger partial charge in [-0.1, -0.05) is 37.6 Å². The molecule has 100 valence electrons. The van der Waals surface area contributed by atoms with E-state index >= 15 is 0 Å². The molecule has 2 heteroatoms. The number of likely N-dealkylation sites (tertiary alicyclic amines) is 1. The van der Waals surface area contributed by atoms with Crippen LogP contribution >= 0.6 is 0 Å². The zero-order valence-electron chi connectivity index (χ0n) is 11.7. The molecular weight excluding hydrogens is 220 g/mol. The molecule has 1 aromatic rings. The van der Waals surface area contributed by atoms with E-state index in [9.17, 15) is 0 Å². The van der Waals surface area contributed by atoms with Crippen LogP contribution in [0.4, 0.5) is 0 Å². The van der Waals surface area contributed by atoms with E-state index in [0.29, 0.717) is 12.1 Å². The topological polar surface area (TPSA) is 29.3 Å². The molecule has 1 aliphatic rings. The van der Waals surface area contributed by atoms with Gasteiger partial charge in [0.1, 0.15) is 0 Å². The Morgan fingerprint density at radius 3 is 2.67 bits per heavy atom. The average Bonchev–Trinajstić information content (AvgIpc) is 2.39. The molecular formula is C16H26N2. The van der Waals surface area contributed by atoms with E-state index < -0.39 is 0 Å². The largest absolute Gasteiger partial charge is 0.327 e. The van der Waals surface area contributed by atoms with Crippen molar-refractivity contribution in [3.8, 4) is 0 Å². The van der Waals surface area contributed by atoms with Crippen LogP contribution in [-0.2, 0) is 6.42 Å². The summed E-state index contributed by atoms with van der Waals surface area (Å²) >= 11 is 0. The highest BCUT2D eigenvalue weighted by Crippen LogP contribution is 2.24. The zero-order valence-corrected chi connectivity index (χ0v) is 11.7. The highest BCUT2D eigenvalue weighted by molar-refractivity contribution is 5.25. The van der Waals surface area contributed by atoms with E-state index in [1.807, 2.05) is 0 Å². The first-order valence-electron chi connectivity index (χ1n) is 7.29. The lowest BCUT2D eigenvalue weighted by atomic mass is 9.99. The summed E-state index contributed by atoms with van der Waals surface area (Å²) in [4.78, 5) is 2.52. The Bertz CT molecular complexity index is 358. The molecule has 1 saturated heterocycles. The highest BCUT2D eigenvalue weighted by atomic mass is 15.2. The van der Waals surface area contributed by atoms with Gasteiger partial charge in [-0.15, -0.1) is 0 Å². The second-order valence-corrected chi connectivity index (χ2v) is 5.56. The van der Waals surface area contributed by atoms with Crippen LogP contribution in [0, 0.1) is 0 Å². The number of hydrogen-bond donors (Lipinski definition) is 1. The van der Waals surface area contributed by atoms with E-state index in [1.165, 1.54) is 43.4 Å². The standard InChI is InChI=1S/C16H26N2/c1-3-5-14-7-9-15(10-8-14)13(2)18-11-4-6-16(17)12-18/h7-10,13,16H,3-6,11-12,17H2,1-2H3. The summed E-state index contributed by atoms with van der Waals surface area (Å²) in [7, 11) is 0. The number of nitrogens with two attached hydrogens (primary N) is 1. The Morgan fingerprint density at radius 2 is 2.06 bits per heavy atom. The Balaban J connectivity index is 2.01. The third-order valence-electron chi connectivity index (χ3n) is 4.04. The van der Waals surface area contributed by atoms with Crippen molar-refractivity contribution < 1.29 is 0 Å². The summed E-state index contributed by atoms with van der Waals surface area (Å²) in [6.45, 7) is 6.75. The fourth-order valence-electron chi connectivity index (χ4n) is 2.85. The molecule has 0 amide bonds. The molecule has 0 aromatic heterocycles. The molecule has 2 rings (SSSR count). The molecule has 1 aromatic carbocycles. The van der Waals surface area contributed by atoms with Crippen LogP contribution in [0.15, 0.2) is 24.3 Å². The van der Waals surface area contributed by atoms with E-state index in [0.717, 1.165) is 6.54 Å². The minimum absolute atomic E-state index is 0.362.